The van der Waals surface area contributed by atoms with Crippen LogP contribution in [0.1, 0.15) is 37.5 Å². The highest BCUT2D eigenvalue weighted by atomic mass is 35.5. The van der Waals surface area contributed by atoms with Gasteiger partial charge in [-0.25, -0.2) is 8.42 Å². The van der Waals surface area contributed by atoms with E-state index in [4.69, 9.17) is 11.6 Å². The summed E-state index contributed by atoms with van der Waals surface area (Å²) in [7, 11) is -4.14. The summed E-state index contributed by atoms with van der Waals surface area (Å²) in [5.41, 5.74) is 2.90. The summed E-state index contributed by atoms with van der Waals surface area (Å²) >= 11 is 5.99. The molecule has 0 spiro atoms. The van der Waals surface area contributed by atoms with E-state index in [1.807, 2.05) is 45.0 Å². The summed E-state index contributed by atoms with van der Waals surface area (Å²) in [6, 6.07) is 19.4. The number of carbonyl (C=O) groups excluding carboxylic acids is 2. The van der Waals surface area contributed by atoms with Crippen molar-refractivity contribution in [2.24, 2.45) is 0 Å². The average Bonchev–Trinajstić information content (AvgIpc) is 2.86. The van der Waals surface area contributed by atoms with E-state index in [2.05, 4.69) is 5.32 Å². The first-order valence-corrected chi connectivity index (χ1v) is 14.2. The highest BCUT2D eigenvalue weighted by Crippen LogP contribution is 2.28. The van der Waals surface area contributed by atoms with Crippen LogP contribution < -0.4 is 9.62 Å². The number of rotatable bonds is 10. The van der Waals surface area contributed by atoms with Crippen LogP contribution in [-0.4, -0.2) is 43.8 Å². The third-order valence-corrected chi connectivity index (χ3v) is 8.29. The maximum Gasteiger partial charge on any atom is 0.264 e. The Morgan fingerprint density at radius 3 is 2.03 bits per heavy atom. The van der Waals surface area contributed by atoms with Crippen molar-refractivity contribution >= 4 is 39.1 Å². The van der Waals surface area contributed by atoms with Crippen LogP contribution in [0.3, 0.4) is 0 Å². The Labute approximate surface area is 230 Å². The smallest absolute Gasteiger partial charge is 0.264 e. The molecular weight excluding hydrogens is 522 g/mol. The number of nitrogens with one attached hydrogen (secondary N) is 1. The summed E-state index contributed by atoms with van der Waals surface area (Å²) in [6.07, 6.45) is 0. The van der Waals surface area contributed by atoms with Crippen molar-refractivity contribution in [3.05, 3.63) is 94.5 Å². The molecule has 202 valence electrons. The van der Waals surface area contributed by atoms with E-state index in [1.165, 1.54) is 29.2 Å². The second-order valence-electron chi connectivity index (χ2n) is 9.54. The molecule has 0 fully saturated rings. The fourth-order valence-electron chi connectivity index (χ4n) is 4.05. The number of para-hydroxylation sites is 1. The molecule has 3 rings (SSSR count). The van der Waals surface area contributed by atoms with E-state index in [-0.39, 0.29) is 23.4 Å². The topological polar surface area (TPSA) is 86.8 Å². The molecule has 0 saturated heterocycles. The maximum atomic E-state index is 13.9. The van der Waals surface area contributed by atoms with Crippen molar-refractivity contribution in [2.45, 2.75) is 58.1 Å². The molecule has 1 unspecified atom stereocenters. The Hall–Kier alpha value is -3.36. The summed E-state index contributed by atoms with van der Waals surface area (Å²) in [4.78, 5) is 28.4. The van der Waals surface area contributed by atoms with Crippen LogP contribution in [0.25, 0.3) is 0 Å². The third kappa shape index (κ3) is 6.94. The molecule has 0 aliphatic carbocycles. The maximum absolute atomic E-state index is 13.9. The monoisotopic (exact) mass is 555 g/mol. The molecule has 7 nitrogen and oxygen atoms in total. The molecule has 0 bridgehead atoms. The summed E-state index contributed by atoms with van der Waals surface area (Å²) in [6.45, 7) is 8.73. The first kappa shape index (κ1) is 29.2. The quantitative estimate of drug-likeness (QED) is 0.377. The minimum Gasteiger partial charge on any atom is -0.352 e. The molecule has 38 heavy (non-hydrogen) atoms. The van der Waals surface area contributed by atoms with Crippen LogP contribution in [0.5, 0.6) is 0 Å². The van der Waals surface area contributed by atoms with E-state index in [0.717, 1.165) is 15.4 Å². The van der Waals surface area contributed by atoms with Crippen LogP contribution in [0.4, 0.5) is 5.69 Å². The number of nitrogens with zero attached hydrogens (tertiary/aromatic N) is 2. The van der Waals surface area contributed by atoms with Crippen molar-refractivity contribution in [1.29, 1.82) is 0 Å². The van der Waals surface area contributed by atoms with Gasteiger partial charge in [-0.15, -0.1) is 0 Å². The highest BCUT2D eigenvalue weighted by molar-refractivity contribution is 7.92. The van der Waals surface area contributed by atoms with E-state index in [1.54, 1.807) is 38.1 Å². The normalized spacial score (nSPS) is 12.2. The first-order chi connectivity index (χ1) is 17.9. The zero-order valence-electron chi connectivity index (χ0n) is 22.3. The zero-order valence-corrected chi connectivity index (χ0v) is 23.9. The lowest BCUT2D eigenvalue weighted by atomic mass is 10.1. The standard InChI is InChI=1S/C29H34ClN3O4S/c1-20(2)31-29(35)23(5)32(18-24-12-8-6-10-21(24)3)28(34)19-33(27-13-9-7-11-22(27)4)38(36,37)26-16-14-25(30)15-17-26/h6-17,20,23H,18-19H2,1-5H3,(H,31,35). The van der Waals surface area contributed by atoms with Gasteiger partial charge in [0.05, 0.1) is 10.6 Å². The fourth-order valence-corrected chi connectivity index (χ4v) is 5.65. The van der Waals surface area contributed by atoms with Gasteiger partial charge < -0.3 is 10.2 Å². The first-order valence-electron chi connectivity index (χ1n) is 12.4. The van der Waals surface area contributed by atoms with Gasteiger partial charge >= 0.3 is 0 Å². The molecule has 3 aromatic rings. The van der Waals surface area contributed by atoms with Crippen LogP contribution in [-0.2, 0) is 26.2 Å². The van der Waals surface area contributed by atoms with Crippen LogP contribution in [0, 0.1) is 13.8 Å². The largest absolute Gasteiger partial charge is 0.352 e. The second-order valence-corrected chi connectivity index (χ2v) is 11.8. The number of hydrogen-bond donors (Lipinski definition) is 1. The predicted octanol–water partition coefficient (Wildman–Crippen LogP) is 5.09. The third-order valence-electron chi connectivity index (χ3n) is 6.26. The molecule has 0 heterocycles. The molecule has 0 aliphatic rings. The molecule has 1 N–H and O–H groups in total. The fraction of sp³-hybridized carbons (Fsp3) is 0.310. The van der Waals surface area contributed by atoms with Crippen molar-refractivity contribution < 1.29 is 18.0 Å². The zero-order chi connectivity index (χ0) is 28.0. The Morgan fingerprint density at radius 1 is 0.868 bits per heavy atom. The number of carbonyl (C=O) groups is 2. The Balaban J connectivity index is 2.06. The molecule has 9 heteroatoms. The lowest BCUT2D eigenvalue weighted by molar-refractivity contribution is -0.139. The lowest BCUT2D eigenvalue weighted by Crippen LogP contribution is -2.52. The Morgan fingerprint density at radius 2 is 1.45 bits per heavy atom. The Kier molecular flexibility index (Phi) is 9.57. The Bertz CT molecular complexity index is 1390. The molecule has 0 saturated carbocycles. The molecular formula is C29H34ClN3O4S. The number of sulfonamides is 1. The highest BCUT2D eigenvalue weighted by Gasteiger charge is 2.33. The predicted molar refractivity (Wildman–Crippen MR) is 152 cm³/mol. The molecule has 1 atom stereocenters. The number of anilines is 1. The van der Waals surface area contributed by atoms with Crippen LogP contribution >= 0.6 is 11.6 Å². The van der Waals surface area contributed by atoms with Gasteiger partial charge in [-0.2, -0.15) is 0 Å². The number of benzene rings is 3. The summed E-state index contributed by atoms with van der Waals surface area (Å²) in [5, 5.41) is 3.26. The van der Waals surface area contributed by atoms with Crippen molar-refractivity contribution in [2.75, 3.05) is 10.8 Å². The van der Waals surface area contributed by atoms with Crippen molar-refractivity contribution in [3.63, 3.8) is 0 Å². The second kappa shape index (κ2) is 12.5. The van der Waals surface area contributed by atoms with Crippen LogP contribution in [0.2, 0.25) is 5.02 Å². The van der Waals surface area contributed by atoms with E-state index in [9.17, 15) is 18.0 Å². The molecule has 0 aliphatic heterocycles. The van der Waals surface area contributed by atoms with E-state index in [0.29, 0.717) is 16.3 Å². The number of amides is 2. The average molecular weight is 556 g/mol. The molecule has 0 radical (unpaired) electrons. The lowest BCUT2D eigenvalue weighted by Gasteiger charge is -2.33. The van der Waals surface area contributed by atoms with Gasteiger partial charge in [-0.3, -0.25) is 13.9 Å². The van der Waals surface area contributed by atoms with Gasteiger partial charge in [-0.05, 0) is 81.6 Å². The van der Waals surface area contributed by atoms with E-state index >= 15 is 0 Å². The molecule has 2 amide bonds. The molecule has 0 aromatic heterocycles. The van der Waals surface area contributed by atoms with Crippen LogP contribution in [0.15, 0.2) is 77.7 Å². The number of hydrogen-bond acceptors (Lipinski definition) is 4. The van der Waals surface area contributed by atoms with Gasteiger partial charge in [0, 0.05) is 17.6 Å². The molecule has 3 aromatic carbocycles. The van der Waals surface area contributed by atoms with Gasteiger partial charge in [-0.1, -0.05) is 54.1 Å². The number of halogens is 1. The minimum absolute atomic E-state index is 0.00834. The minimum atomic E-state index is -4.14. The van der Waals surface area contributed by atoms with Gasteiger partial charge in [0.15, 0.2) is 0 Å². The summed E-state index contributed by atoms with van der Waals surface area (Å²) in [5.74, 6) is -0.814. The van der Waals surface area contributed by atoms with Crippen molar-refractivity contribution in [3.8, 4) is 0 Å². The van der Waals surface area contributed by atoms with E-state index < -0.39 is 28.5 Å². The van der Waals surface area contributed by atoms with Gasteiger partial charge in [0.2, 0.25) is 11.8 Å². The summed E-state index contributed by atoms with van der Waals surface area (Å²) < 4.78 is 28.8. The SMILES string of the molecule is Cc1ccccc1CN(C(=O)CN(c1ccccc1C)S(=O)(=O)c1ccc(Cl)cc1)C(C)C(=O)NC(C)C. The number of aryl methyl sites for hydroxylation is 2. The van der Waals surface area contributed by atoms with Gasteiger partial charge in [0.25, 0.3) is 10.0 Å². The van der Waals surface area contributed by atoms with Gasteiger partial charge in [0.1, 0.15) is 12.6 Å². The van der Waals surface area contributed by atoms with Crippen molar-refractivity contribution in [1.82, 2.24) is 10.2 Å².